The van der Waals surface area contributed by atoms with Gasteiger partial charge in [-0.15, -0.1) is 0 Å². The Labute approximate surface area is 127 Å². The quantitative estimate of drug-likeness (QED) is 0.908. The lowest BCUT2D eigenvalue weighted by molar-refractivity contribution is -0.191. The van der Waals surface area contributed by atoms with Gasteiger partial charge in [0.2, 0.25) is 5.91 Å². The van der Waals surface area contributed by atoms with E-state index >= 15 is 0 Å². The third-order valence-electron chi connectivity index (χ3n) is 3.23. The third kappa shape index (κ3) is 4.13. The largest absolute Gasteiger partial charge is 0.493 e. The predicted octanol–water partition coefficient (Wildman–Crippen LogP) is 3.06. The highest BCUT2D eigenvalue weighted by Gasteiger charge is 2.47. The smallest absolute Gasteiger partial charge is 0.409 e. The molecule has 1 saturated heterocycles. The maximum Gasteiger partial charge on any atom is 0.409 e. The van der Waals surface area contributed by atoms with Crippen LogP contribution in [0.4, 0.5) is 13.2 Å². The van der Waals surface area contributed by atoms with Crippen LogP contribution < -0.4 is 10.2 Å². The zero-order chi connectivity index (χ0) is 16.3. The van der Waals surface area contributed by atoms with E-state index in [1.807, 2.05) is 13.8 Å². The number of alkyl halides is 3. The number of ether oxygens (including phenoxy) is 1. The average molecular weight is 316 g/mol. The fraction of sp³-hybridized carbons (Fsp3) is 0.533. The van der Waals surface area contributed by atoms with Crippen molar-refractivity contribution in [3.63, 3.8) is 0 Å². The van der Waals surface area contributed by atoms with Crippen LogP contribution in [0.1, 0.15) is 31.9 Å². The summed E-state index contributed by atoms with van der Waals surface area (Å²) in [5.41, 5.74) is 2.31. The van der Waals surface area contributed by atoms with Crippen LogP contribution in [0.2, 0.25) is 0 Å². The van der Waals surface area contributed by atoms with Crippen molar-refractivity contribution < 1.29 is 22.7 Å². The number of carbonyl (C=O) groups is 1. The van der Waals surface area contributed by atoms with Gasteiger partial charge in [-0.2, -0.15) is 13.2 Å². The van der Waals surface area contributed by atoms with Crippen molar-refractivity contribution >= 4 is 5.91 Å². The van der Waals surface area contributed by atoms with Crippen LogP contribution in [0, 0.1) is 5.92 Å². The summed E-state index contributed by atoms with van der Waals surface area (Å²) < 4.78 is 45.7. The van der Waals surface area contributed by atoms with Crippen molar-refractivity contribution in [2.75, 3.05) is 13.2 Å². The fourth-order valence-electron chi connectivity index (χ4n) is 2.27. The summed E-state index contributed by atoms with van der Waals surface area (Å²) in [5.74, 6) is 0.271. The number of hydrogen-bond acceptors (Lipinski definition) is 3. The highest BCUT2D eigenvalue weighted by Crippen LogP contribution is 2.38. The number of halogens is 3. The molecule has 1 aliphatic rings. The zero-order valence-electron chi connectivity index (χ0n) is 12.5. The van der Waals surface area contributed by atoms with Crippen molar-refractivity contribution in [1.29, 1.82) is 0 Å². The van der Waals surface area contributed by atoms with Gasteiger partial charge in [0, 0.05) is 13.0 Å². The molecule has 122 valence electrons. The number of nitrogens with zero attached hydrogens (tertiary/aromatic N) is 1. The number of rotatable bonds is 5. The molecule has 1 fully saturated rings. The van der Waals surface area contributed by atoms with Gasteiger partial charge in [0.05, 0.1) is 6.61 Å². The van der Waals surface area contributed by atoms with Crippen LogP contribution in [-0.4, -0.2) is 30.2 Å². The van der Waals surface area contributed by atoms with Gasteiger partial charge < -0.3 is 4.74 Å². The summed E-state index contributed by atoms with van der Waals surface area (Å²) in [6, 6.07) is 4.06. The second-order valence-corrected chi connectivity index (χ2v) is 5.70. The number of hydrogen-bond donors (Lipinski definition) is 1. The van der Waals surface area contributed by atoms with E-state index in [1.54, 1.807) is 6.07 Å². The van der Waals surface area contributed by atoms with Crippen LogP contribution in [0.15, 0.2) is 24.3 Å². The number of carbonyl (C=O) groups excluding carboxylic acids is 1. The molecule has 22 heavy (non-hydrogen) atoms. The first-order valence-corrected chi connectivity index (χ1v) is 7.13. The molecule has 4 nitrogen and oxygen atoms in total. The minimum atomic E-state index is -4.49. The summed E-state index contributed by atoms with van der Waals surface area (Å²) >= 11 is 0. The minimum absolute atomic E-state index is 0.0279. The number of amides is 1. The maximum atomic E-state index is 13.4. The van der Waals surface area contributed by atoms with E-state index in [0.29, 0.717) is 12.4 Å². The first-order valence-electron chi connectivity index (χ1n) is 7.13. The van der Waals surface area contributed by atoms with Gasteiger partial charge in [-0.05, 0) is 23.6 Å². The van der Waals surface area contributed by atoms with Crippen LogP contribution in [0.5, 0.6) is 5.75 Å². The summed E-state index contributed by atoms with van der Waals surface area (Å²) in [5, 5.41) is 0.934. The van der Waals surface area contributed by atoms with Crippen LogP contribution in [0.3, 0.4) is 0 Å². The molecule has 0 saturated carbocycles. The first-order chi connectivity index (χ1) is 10.3. The van der Waals surface area contributed by atoms with Crippen molar-refractivity contribution in [3.05, 3.63) is 29.8 Å². The Kier molecular flexibility index (Phi) is 4.95. The second kappa shape index (κ2) is 6.56. The highest BCUT2D eigenvalue weighted by atomic mass is 19.4. The zero-order valence-corrected chi connectivity index (χ0v) is 12.5. The molecule has 0 bridgehead atoms. The van der Waals surface area contributed by atoms with Crippen molar-refractivity contribution in [1.82, 2.24) is 10.4 Å². The van der Waals surface area contributed by atoms with E-state index in [2.05, 4.69) is 5.43 Å². The molecule has 2 rings (SSSR count). The molecule has 1 aromatic rings. The van der Waals surface area contributed by atoms with E-state index in [1.165, 1.54) is 18.2 Å². The molecule has 1 aromatic carbocycles. The number of hydrazine groups is 1. The Bertz CT molecular complexity index is 532. The first kappa shape index (κ1) is 16.6. The van der Waals surface area contributed by atoms with Crippen LogP contribution in [0.25, 0.3) is 0 Å². The van der Waals surface area contributed by atoms with Gasteiger partial charge >= 0.3 is 6.18 Å². The summed E-state index contributed by atoms with van der Waals surface area (Å²) in [6.07, 6.45) is -4.43. The van der Waals surface area contributed by atoms with Gasteiger partial charge in [0.25, 0.3) is 0 Å². The molecule has 1 N–H and O–H groups in total. The SMILES string of the molecule is CC(C)COc1cccc([C@H](N2CCC(=O)N2)C(F)(F)F)c1. The lowest BCUT2D eigenvalue weighted by Gasteiger charge is -2.29. The fourth-order valence-corrected chi connectivity index (χ4v) is 2.27. The predicted molar refractivity (Wildman–Crippen MR) is 75.0 cm³/mol. The van der Waals surface area contributed by atoms with Gasteiger partial charge in [0.1, 0.15) is 11.8 Å². The number of nitrogens with one attached hydrogen (secondary N) is 1. The topological polar surface area (TPSA) is 41.6 Å². The van der Waals surface area contributed by atoms with Crippen molar-refractivity contribution in [3.8, 4) is 5.75 Å². The van der Waals surface area contributed by atoms with Gasteiger partial charge in [0.15, 0.2) is 0 Å². The van der Waals surface area contributed by atoms with Crippen LogP contribution >= 0.6 is 0 Å². The summed E-state index contributed by atoms with van der Waals surface area (Å²) in [6.45, 7) is 4.38. The molecule has 0 aliphatic carbocycles. The van der Waals surface area contributed by atoms with Crippen LogP contribution in [-0.2, 0) is 4.79 Å². The second-order valence-electron chi connectivity index (χ2n) is 5.70. The molecule has 1 heterocycles. The van der Waals surface area contributed by atoms with E-state index in [0.717, 1.165) is 5.01 Å². The molecule has 0 radical (unpaired) electrons. The summed E-state index contributed by atoms with van der Waals surface area (Å²) in [7, 11) is 0. The molecule has 1 atom stereocenters. The van der Waals surface area contributed by atoms with Gasteiger partial charge in [-0.3, -0.25) is 10.2 Å². The molecular weight excluding hydrogens is 297 g/mol. The number of benzene rings is 1. The lowest BCUT2D eigenvalue weighted by Crippen LogP contribution is -2.43. The summed E-state index contributed by atoms with van der Waals surface area (Å²) in [4.78, 5) is 11.2. The molecular formula is C15H19F3N2O2. The van der Waals surface area contributed by atoms with E-state index in [-0.39, 0.29) is 24.4 Å². The highest BCUT2D eigenvalue weighted by molar-refractivity contribution is 5.77. The molecule has 0 spiro atoms. The Morgan fingerprint density at radius 2 is 2.09 bits per heavy atom. The van der Waals surface area contributed by atoms with Gasteiger partial charge in [-0.25, -0.2) is 5.01 Å². The lowest BCUT2D eigenvalue weighted by atomic mass is 10.1. The maximum absolute atomic E-state index is 13.4. The van der Waals surface area contributed by atoms with E-state index < -0.39 is 18.1 Å². The molecule has 1 amide bonds. The molecule has 1 aliphatic heterocycles. The molecule has 0 aromatic heterocycles. The Hall–Kier alpha value is -1.76. The van der Waals surface area contributed by atoms with E-state index in [4.69, 9.17) is 4.74 Å². The van der Waals surface area contributed by atoms with Crippen molar-refractivity contribution in [2.45, 2.75) is 32.5 Å². The minimum Gasteiger partial charge on any atom is -0.493 e. The van der Waals surface area contributed by atoms with Gasteiger partial charge in [-0.1, -0.05) is 26.0 Å². The monoisotopic (exact) mass is 316 g/mol. The molecule has 7 heteroatoms. The molecule has 0 unspecified atom stereocenters. The third-order valence-corrected chi connectivity index (χ3v) is 3.23. The Morgan fingerprint density at radius 1 is 1.36 bits per heavy atom. The standard InChI is InChI=1S/C15H19F3N2O2/c1-10(2)9-22-12-5-3-4-11(8-12)14(15(16,17)18)20-7-6-13(21)19-20/h3-5,8,10,14H,6-7,9H2,1-2H3,(H,19,21)/t14-/m0/s1. The Morgan fingerprint density at radius 3 is 2.64 bits per heavy atom. The normalized spacial score (nSPS) is 17.6. The van der Waals surface area contributed by atoms with Crippen molar-refractivity contribution in [2.24, 2.45) is 5.92 Å². The Balaban J connectivity index is 2.24. The average Bonchev–Trinajstić information content (AvgIpc) is 2.81. The van der Waals surface area contributed by atoms with E-state index in [9.17, 15) is 18.0 Å².